The Morgan fingerprint density at radius 3 is 2.50 bits per heavy atom. The standard InChI is InChI=1S/C21H27NO2/c1-5-15-22(4)16-6-7-17-24-20-13-11-19(12-14-20)21(23)10-8-9-18(2)3/h5-14H,1,15-17H2,2-4H3. The number of allylic oxidation sites excluding steroid dienone is 4. The van der Waals surface area contributed by atoms with E-state index in [9.17, 15) is 4.79 Å². The first-order chi connectivity index (χ1) is 11.5. The molecular formula is C21H27NO2. The van der Waals surface area contributed by atoms with Crippen molar-refractivity contribution in [3.05, 3.63) is 78.4 Å². The molecule has 0 aromatic heterocycles. The van der Waals surface area contributed by atoms with E-state index in [2.05, 4.69) is 17.6 Å². The quantitative estimate of drug-likeness (QED) is 0.275. The number of likely N-dealkylation sites (N-methyl/N-ethyl adjacent to an activating group) is 1. The van der Waals surface area contributed by atoms with Crippen molar-refractivity contribution in [3.63, 3.8) is 0 Å². The third kappa shape index (κ3) is 8.30. The summed E-state index contributed by atoms with van der Waals surface area (Å²) >= 11 is 0. The fraction of sp³-hybridized carbons (Fsp3) is 0.286. The Kier molecular flexibility index (Phi) is 9.17. The van der Waals surface area contributed by atoms with E-state index >= 15 is 0 Å². The minimum atomic E-state index is -0.01000. The van der Waals surface area contributed by atoms with Gasteiger partial charge in [-0.1, -0.05) is 36.0 Å². The minimum Gasteiger partial charge on any atom is -0.490 e. The van der Waals surface area contributed by atoms with Crippen LogP contribution in [0.3, 0.4) is 0 Å². The maximum absolute atomic E-state index is 12.0. The number of nitrogens with zero attached hydrogens (tertiary/aromatic N) is 1. The van der Waals surface area contributed by atoms with Crippen molar-refractivity contribution in [2.45, 2.75) is 13.8 Å². The summed E-state index contributed by atoms with van der Waals surface area (Å²) in [7, 11) is 2.04. The zero-order valence-electron chi connectivity index (χ0n) is 14.9. The molecular weight excluding hydrogens is 298 g/mol. The molecule has 0 aliphatic carbocycles. The zero-order chi connectivity index (χ0) is 17.8. The number of benzene rings is 1. The SMILES string of the molecule is C=CCN(C)CC=CCOc1ccc(C(=O)C=CC=C(C)C)cc1. The maximum atomic E-state index is 12.0. The van der Waals surface area contributed by atoms with Gasteiger partial charge in [-0.2, -0.15) is 0 Å². The summed E-state index contributed by atoms with van der Waals surface area (Å²) in [5.41, 5.74) is 1.81. The van der Waals surface area contributed by atoms with Crippen molar-refractivity contribution in [2.75, 3.05) is 26.7 Å². The first-order valence-corrected chi connectivity index (χ1v) is 8.06. The van der Waals surface area contributed by atoms with E-state index in [4.69, 9.17) is 4.74 Å². The number of hydrogen-bond donors (Lipinski definition) is 0. The Bertz CT molecular complexity index is 605. The molecule has 0 saturated carbocycles. The maximum Gasteiger partial charge on any atom is 0.185 e. The Balaban J connectivity index is 2.43. The lowest BCUT2D eigenvalue weighted by molar-refractivity contribution is 0.104. The van der Waals surface area contributed by atoms with Crippen molar-refractivity contribution in [1.29, 1.82) is 0 Å². The van der Waals surface area contributed by atoms with Crippen LogP contribution in [0.1, 0.15) is 24.2 Å². The fourth-order valence-electron chi connectivity index (χ4n) is 1.90. The van der Waals surface area contributed by atoms with E-state index < -0.39 is 0 Å². The summed E-state index contributed by atoms with van der Waals surface area (Å²) in [6, 6.07) is 7.21. The molecule has 0 atom stereocenters. The Morgan fingerprint density at radius 1 is 1.17 bits per heavy atom. The number of ketones is 1. The molecule has 0 radical (unpaired) electrons. The molecule has 0 bridgehead atoms. The van der Waals surface area contributed by atoms with E-state index in [1.54, 1.807) is 24.3 Å². The summed E-state index contributed by atoms with van der Waals surface area (Å²) in [5, 5.41) is 0. The fourth-order valence-corrected chi connectivity index (χ4v) is 1.90. The molecule has 0 spiro atoms. The van der Waals surface area contributed by atoms with E-state index in [1.807, 2.05) is 51.3 Å². The highest BCUT2D eigenvalue weighted by Gasteiger charge is 2.01. The van der Waals surface area contributed by atoms with E-state index in [0.717, 1.165) is 24.4 Å². The van der Waals surface area contributed by atoms with E-state index in [-0.39, 0.29) is 5.78 Å². The first-order valence-electron chi connectivity index (χ1n) is 8.06. The van der Waals surface area contributed by atoms with E-state index in [0.29, 0.717) is 12.2 Å². The van der Waals surface area contributed by atoms with Crippen LogP contribution >= 0.6 is 0 Å². The average molecular weight is 325 g/mol. The normalized spacial score (nSPS) is 11.2. The van der Waals surface area contributed by atoms with E-state index in [1.165, 1.54) is 0 Å². The van der Waals surface area contributed by atoms with Crippen LogP contribution in [0.2, 0.25) is 0 Å². The highest BCUT2D eigenvalue weighted by molar-refractivity contribution is 6.04. The Labute approximate surface area is 145 Å². The van der Waals surface area contributed by atoms with Crippen molar-refractivity contribution in [2.24, 2.45) is 0 Å². The van der Waals surface area contributed by atoms with Gasteiger partial charge in [0.2, 0.25) is 0 Å². The summed E-state index contributed by atoms with van der Waals surface area (Å²) in [6.45, 7) is 9.93. The topological polar surface area (TPSA) is 29.5 Å². The molecule has 1 aromatic rings. The van der Waals surface area contributed by atoms with Gasteiger partial charge in [0.05, 0.1) is 0 Å². The predicted octanol–water partition coefficient (Wildman–Crippen LogP) is 4.44. The van der Waals surface area contributed by atoms with Gasteiger partial charge in [-0.3, -0.25) is 9.69 Å². The van der Waals surface area contributed by atoms with Gasteiger partial charge in [-0.05, 0) is 51.2 Å². The summed E-state index contributed by atoms with van der Waals surface area (Å²) < 4.78 is 5.63. The number of hydrogen-bond acceptors (Lipinski definition) is 3. The molecule has 128 valence electrons. The summed E-state index contributed by atoms with van der Waals surface area (Å²) in [4.78, 5) is 14.1. The molecule has 0 aliphatic heterocycles. The first kappa shape index (κ1) is 19.7. The molecule has 0 N–H and O–H groups in total. The molecule has 24 heavy (non-hydrogen) atoms. The van der Waals surface area contributed by atoms with Crippen LogP contribution in [0.5, 0.6) is 5.75 Å². The molecule has 3 nitrogen and oxygen atoms in total. The largest absolute Gasteiger partial charge is 0.490 e. The Morgan fingerprint density at radius 2 is 1.88 bits per heavy atom. The molecule has 0 aliphatic rings. The molecule has 3 heteroatoms. The van der Waals surface area contributed by atoms with Crippen LogP contribution in [0, 0.1) is 0 Å². The lowest BCUT2D eigenvalue weighted by atomic mass is 10.1. The van der Waals surface area contributed by atoms with Gasteiger partial charge < -0.3 is 4.74 Å². The van der Waals surface area contributed by atoms with Gasteiger partial charge in [0.1, 0.15) is 12.4 Å². The van der Waals surface area contributed by atoms with Crippen molar-refractivity contribution >= 4 is 5.78 Å². The van der Waals surface area contributed by atoms with Gasteiger partial charge in [0, 0.05) is 18.7 Å². The van der Waals surface area contributed by atoms with Crippen molar-refractivity contribution < 1.29 is 9.53 Å². The van der Waals surface area contributed by atoms with Crippen LogP contribution in [0.25, 0.3) is 0 Å². The number of ether oxygens (including phenoxy) is 1. The molecule has 1 rings (SSSR count). The van der Waals surface area contributed by atoms with Gasteiger partial charge in [-0.15, -0.1) is 6.58 Å². The number of carbonyl (C=O) groups is 1. The number of carbonyl (C=O) groups excluding carboxylic acids is 1. The Hall–Kier alpha value is -2.39. The smallest absolute Gasteiger partial charge is 0.185 e. The summed E-state index contributed by atoms with van der Waals surface area (Å²) in [5.74, 6) is 0.744. The van der Waals surface area contributed by atoms with Crippen molar-refractivity contribution in [3.8, 4) is 5.75 Å². The zero-order valence-corrected chi connectivity index (χ0v) is 14.9. The lowest BCUT2D eigenvalue weighted by Crippen LogP contribution is -2.17. The van der Waals surface area contributed by atoms with Gasteiger partial charge in [0.25, 0.3) is 0 Å². The number of rotatable bonds is 10. The third-order valence-corrected chi connectivity index (χ3v) is 3.19. The predicted molar refractivity (Wildman–Crippen MR) is 102 cm³/mol. The lowest BCUT2D eigenvalue weighted by Gasteiger charge is -2.10. The van der Waals surface area contributed by atoms with Crippen LogP contribution in [-0.2, 0) is 0 Å². The highest BCUT2D eigenvalue weighted by atomic mass is 16.5. The third-order valence-electron chi connectivity index (χ3n) is 3.19. The van der Waals surface area contributed by atoms with Crippen LogP contribution in [0.4, 0.5) is 0 Å². The molecule has 0 saturated heterocycles. The van der Waals surface area contributed by atoms with Crippen LogP contribution < -0.4 is 4.74 Å². The molecule has 0 amide bonds. The van der Waals surface area contributed by atoms with Gasteiger partial charge in [0.15, 0.2) is 5.78 Å². The van der Waals surface area contributed by atoms with Crippen molar-refractivity contribution in [1.82, 2.24) is 4.90 Å². The molecule has 0 heterocycles. The molecule has 1 aromatic carbocycles. The minimum absolute atomic E-state index is 0.01000. The summed E-state index contributed by atoms with van der Waals surface area (Å²) in [6.07, 6.45) is 11.2. The molecule has 0 unspecified atom stereocenters. The molecule has 0 fully saturated rings. The van der Waals surface area contributed by atoms with Crippen LogP contribution in [0.15, 0.2) is 72.9 Å². The highest BCUT2D eigenvalue weighted by Crippen LogP contribution is 2.13. The van der Waals surface area contributed by atoms with Gasteiger partial charge >= 0.3 is 0 Å². The second kappa shape index (κ2) is 11.2. The average Bonchev–Trinajstić information content (AvgIpc) is 2.55. The van der Waals surface area contributed by atoms with Crippen LogP contribution in [-0.4, -0.2) is 37.4 Å². The second-order valence-electron chi connectivity index (χ2n) is 5.78. The second-order valence-corrected chi connectivity index (χ2v) is 5.78. The van der Waals surface area contributed by atoms with Gasteiger partial charge in [-0.25, -0.2) is 0 Å². The monoisotopic (exact) mass is 325 g/mol.